The normalized spacial score (nSPS) is 20.8. The second-order valence-electron chi connectivity index (χ2n) is 5.11. The van der Waals surface area contributed by atoms with Crippen molar-refractivity contribution in [3.8, 4) is 0 Å². The van der Waals surface area contributed by atoms with Crippen molar-refractivity contribution in [2.45, 2.75) is 38.8 Å². The van der Waals surface area contributed by atoms with Crippen molar-refractivity contribution in [2.75, 3.05) is 39.9 Å². The number of rotatable bonds is 6. The van der Waals surface area contributed by atoms with E-state index in [1.807, 2.05) is 11.8 Å². The van der Waals surface area contributed by atoms with Gasteiger partial charge < -0.3 is 15.4 Å². The van der Waals surface area contributed by atoms with Gasteiger partial charge in [-0.3, -0.25) is 9.69 Å². The second-order valence-corrected chi connectivity index (χ2v) is 5.11. The minimum absolute atomic E-state index is 0. The molecule has 1 saturated heterocycles. The molecule has 0 spiro atoms. The highest BCUT2D eigenvalue weighted by atomic mass is 35.5. The van der Waals surface area contributed by atoms with Crippen LogP contribution in [0.1, 0.15) is 26.7 Å². The van der Waals surface area contributed by atoms with Crippen LogP contribution in [0, 0.1) is 0 Å². The van der Waals surface area contributed by atoms with Crippen molar-refractivity contribution >= 4 is 30.7 Å². The van der Waals surface area contributed by atoms with Crippen molar-refractivity contribution in [3.63, 3.8) is 0 Å². The first-order valence-electron chi connectivity index (χ1n) is 6.84. The van der Waals surface area contributed by atoms with Crippen LogP contribution in [0.15, 0.2) is 0 Å². The van der Waals surface area contributed by atoms with E-state index >= 15 is 0 Å². The van der Waals surface area contributed by atoms with Crippen LogP contribution in [0.5, 0.6) is 0 Å². The molecule has 2 atom stereocenters. The summed E-state index contributed by atoms with van der Waals surface area (Å²) in [7, 11) is 1.73. The van der Waals surface area contributed by atoms with Gasteiger partial charge in [-0.2, -0.15) is 0 Å². The number of halogens is 2. The zero-order valence-corrected chi connectivity index (χ0v) is 14.3. The van der Waals surface area contributed by atoms with Gasteiger partial charge >= 0.3 is 0 Å². The summed E-state index contributed by atoms with van der Waals surface area (Å²) in [5.74, 6) is 0.190. The van der Waals surface area contributed by atoms with Gasteiger partial charge in [0.1, 0.15) is 0 Å². The molecule has 1 rings (SSSR count). The maximum atomic E-state index is 12.0. The summed E-state index contributed by atoms with van der Waals surface area (Å²) >= 11 is 0. The zero-order chi connectivity index (χ0) is 13.5. The minimum atomic E-state index is -0.0518. The highest BCUT2D eigenvalue weighted by Gasteiger charge is 2.28. The first-order valence-corrected chi connectivity index (χ1v) is 6.84. The van der Waals surface area contributed by atoms with E-state index in [2.05, 4.69) is 11.8 Å². The van der Waals surface area contributed by atoms with Gasteiger partial charge in [0.2, 0.25) is 5.91 Å². The Morgan fingerprint density at radius 1 is 1.40 bits per heavy atom. The topological polar surface area (TPSA) is 58.8 Å². The summed E-state index contributed by atoms with van der Waals surface area (Å²) in [5.41, 5.74) is 5.69. The van der Waals surface area contributed by atoms with E-state index in [0.29, 0.717) is 12.5 Å². The molecule has 20 heavy (non-hydrogen) atoms. The molecule has 2 unspecified atom stereocenters. The summed E-state index contributed by atoms with van der Waals surface area (Å²) < 4.78 is 5.13. The predicted octanol–water partition coefficient (Wildman–Crippen LogP) is 1.14. The van der Waals surface area contributed by atoms with Crippen LogP contribution >= 0.6 is 24.8 Å². The van der Waals surface area contributed by atoms with Crippen molar-refractivity contribution < 1.29 is 9.53 Å². The third-order valence-electron chi connectivity index (χ3n) is 3.51. The molecular formula is C13H29Cl2N3O2. The van der Waals surface area contributed by atoms with Crippen molar-refractivity contribution in [2.24, 2.45) is 5.73 Å². The lowest BCUT2D eigenvalue weighted by molar-refractivity contribution is -0.134. The number of ether oxygens (including phenoxy) is 1. The number of hydrogen-bond acceptors (Lipinski definition) is 4. The average Bonchev–Trinajstić information content (AvgIpc) is 2.35. The van der Waals surface area contributed by atoms with Crippen LogP contribution < -0.4 is 5.73 Å². The number of nitrogens with zero attached hydrogens (tertiary/aromatic N) is 2. The van der Waals surface area contributed by atoms with E-state index in [4.69, 9.17) is 10.5 Å². The minimum Gasteiger partial charge on any atom is -0.383 e. The van der Waals surface area contributed by atoms with Crippen LogP contribution in [0.25, 0.3) is 0 Å². The number of hydrogen-bond donors (Lipinski definition) is 1. The highest BCUT2D eigenvalue weighted by Crippen LogP contribution is 2.13. The first kappa shape index (κ1) is 22.2. The van der Waals surface area contributed by atoms with Crippen LogP contribution in [0.3, 0.4) is 0 Å². The molecule has 0 radical (unpaired) electrons. The summed E-state index contributed by atoms with van der Waals surface area (Å²) in [4.78, 5) is 16.4. The van der Waals surface area contributed by atoms with Gasteiger partial charge in [-0.1, -0.05) is 6.92 Å². The fraction of sp³-hybridized carbons (Fsp3) is 0.923. The lowest BCUT2D eigenvalue weighted by Crippen LogP contribution is -2.55. The van der Waals surface area contributed by atoms with E-state index in [-0.39, 0.29) is 36.8 Å². The number of amides is 1. The number of carbonyl (C=O) groups excluding carboxylic acids is 1. The molecule has 5 nitrogen and oxygen atoms in total. The van der Waals surface area contributed by atoms with Gasteiger partial charge in [0.05, 0.1) is 6.61 Å². The second kappa shape index (κ2) is 11.6. The maximum Gasteiger partial charge on any atom is 0.224 e. The van der Waals surface area contributed by atoms with E-state index < -0.39 is 0 Å². The Bertz CT molecular complexity index is 268. The largest absolute Gasteiger partial charge is 0.383 e. The Hall–Kier alpha value is -0.0700. The third-order valence-corrected chi connectivity index (χ3v) is 3.51. The molecule has 0 aromatic rings. The quantitative estimate of drug-likeness (QED) is 0.793. The standard InChI is InChI=1S/C13H27N3O2.2ClH/c1-4-12-10-16(13(17)9-11(2)14)6-5-15(12)7-8-18-3;;/h11-12H,4-10,14H2,1-3H3;2*1H. The van der Waals surface area contributed by atoms with E-state index in [9.17, 15) is 4.79 Å². The Morgan fingerprint density at radius 3 is 2.55 bits per heavy atom. The van der Waals surface area contributed by atoms with E-state index in [1.165, 1.54) is 0 Å². The summed E-state index contributed by atoms with van der Waals surface area (Å²) in [6.45, 7) is 8.33. The van der Waals surface area contributed by atoms with Crippen LogP contribution in [0.2, 0.25) is 0 Å². The molecule has 0 bridgehead atoms. The number of carbonyl (C=O) groups is 1. The smallest absolute Gasteiger partial charge is 0.224 e. The Kier molecular flexibility index (Phi) is 12.9. The SMILES string of the molecule is CCC1CN(C(=O)CC(C)N)CCN1CCOC.Cl.Cl. The lowest BCUT2D eigenvalue weighted by atomic mass is 10.1. The Labute approximate surface area is 135 Å². The monoisotopic (exact) mass is 329 g/mol. The fourth-order valence-corrected chi connectivity index (χ4v) is 2.41. The first-order chi connectivity index (χ1) is 8.58. The maximum absolute atomic E-state index is 12.0. The predicted molar refractivity (Wildman–Crippen MR) is 86.9 cm³/mol. The molecule has 2 N–H and O–H groups in total. The summed E-state index contributed by atoms with van der Waals surface area (Å²) in [6, 6.07) is 0.398. The molecule has 1 aliphatic rings. The van der Waals surface area contributed by atoms with Gasteiger partial charge in [0.25, 0.3) is 0 Å². The molecule has 1 heterocycles. The van der Waals surface area contributed by atoms with Gasteiger partial charge in [0.15, 0.2) is 0 Å². The van der Waals surface area contributed by atoms with Crippen molar-refractivity contribution in [3.05, 3.63) is 0 Å². The number of piperazine rings is 1. The lowest BCUT2D eigenvalue weighted by Gasteiger charge is -2.41. The molecule has 1 aliphatic heterocycles. The molecule has 122 valence electrons. The molecule has 0 aromatic heterocycles. The zero-order valence-electron chi connectivity index (χ0n) is 12.7. The molecule has 7 heteroatoms. The highest BCUT2D eigenvalue weighted by molar-refractivity contribution is 5.85. The fourth-order valence-electron chi connectivity index (χ4n) is 2.41. The number of methoxy groups -OCH3 is 1. The Balaban J connectivity index is 0. The van der Waals surface area contributed by atoms with Crippen LogP contribution in [0.4, 0.5) is 0 Å². The van der Waals surface area contributed by atoms with Crippen molar-refractivity contribution in [1.29, 1.82) is 0 Å². The molecular weight excluding hydrogens is 301 g/mol. The third kappa shape index (κ3) is 7.09. The molecule has 1 amide bonds. The number of nitrogens with two attached hydrogens (primary N) is 1. The summed E-state index contributed by atoms with van der Waals surface area (Å²) in [5, 5.41) is 0. The molecule has 0 aliphatic carbocycles. The average molecular weight is 330 g/mol. The van der Waals surface area contributed by atoms with E-state index in [1.54, 1.807) is 7.11 Å². The Morgan fingerprint density at radius 2 is 2.05 bits per heavy atom. The van der Waals surface area contributed by atoms with Crippen LogP contribution in [-0.4, -0.2) is 67.7 Å². The summed E-state index contributed by atoms with van der Waals surface area (Å²) in [6.07, 6.45) is 1.51. The van der Waals surface area contributed by atoms with Gasteiger partial charge in [-0.05, 0) is 13.3 Å². The van der Waals surface area contributed by atoms with E-state index in [0.717, 1.165) is 39.2 Å². The van der Waals surface area contributed by atoms with Gasteiger partial charge in [-0.15, -0.1) is 24.8 Å². The van der Waals surface area contributed by atoms with Gasteiger partial charge in [0, 0.05) is 51.8 Å². The van der Waals surface area contributed by atoms with Crippen LogP contribution in [-0.2, 0) is 9.53 Å². The van der Waals surface area contributed by atoms with Gasteiger partial charge in [-0.25, -0.2) is 0 Å². The van der Waals surface area contributed by atoms with Crippen molar-refractivity contribution in [1.82, 2.24) is 9.80 Å². The molecule has 1 fully saturated rings. The molecule has 0 aromatic carbocycles. The molecule has 0 saturated carbocycles.